The van der Waals surface area contributed by atoms with Gasteiger partial charge in [-0.15, -0.1) is 0 Å². The van der Waals surface area contributed by atoms with Gasteiger partial charge in [-0.25, -0.2) is 15.0 Å². The average molecular weight is 351 g/mol. The highest BCUT2D eigenvalue weighted by Crippen LogP contribution is 2.35. The van der Waals surface area contributed by atoms with Crippen molar-refractivity contribution < 1.29 is 0 Å². The first-order valence-electron chi connectivity index (χ1n) is 7.45. The van der Waals surface area contributed by atoms with Crippen LogP contribution in [0.5, 0.6) is 0 Å². The van der Waals surface area contributed by atoms with E-state index in [9.17, 15) is 0 Å². The van der Waals surface area contributed by atoms with Gasteiger partial charge in [0.2, 0.25) is 0 Å². The number of nitrogen functional groups attached to an aromatic ring is 1. The molecule has 0 radical (unpaired) electrons. The summed E-state index contributed by atoms with van der Waals surface area (Å²) in [7, 11) is 0. The topological polar surface area (TPSA) is 94.0 Å². The third-order valence-corrected chi connectivity index (χ3v) is 5.58. The van der Waals surface area contributed by atoms with E-state index in [2.05, 4.69) is 19.9 Å². The summed E-state index contributed by atoms with van der Waals surface area (Å²) in [6, 6.07) is 1.82. The minimum Gasteiger partial charge on any atom is -0.382 e. The molecule has 1 saturated heterocycles. The minimum absolute atomic E-state index is 0.323. The van der Waals surface area contributed by atoms with Crippen LogP contribution in [0.25, 0.3) is 0 Å². The Hall–Kier alpha value is -1.57. The quantitative estimate of drug-likeness (QED) is 0.873. The van der Waals surface area contributed by atoms with Crippen LogP contribution in [0, 0.1) is 12.8 Å². The fourth-order valence-electron chi connectivity index (χ4n) is 2.57. The van der Waals surface area contributed by atoms with Crippen LogP contribution in [-0.4, -0.2) is 34.6 Å². The van der Waals surface area contributed by atoms with Gasteiger partial charge in [-0.2, -0.15) is 0 Å². The number of hydrogen-bond acceptors (Lipinski definition) is 7. The molecule has 0 saturated carbocycles. The molecule has 0 aromatic carbocycles. The minimum atomic E-state index is 0.323. The van der Waals surface area contributed by atoms with Crippen LogP contribution >= 0.6 is 23.4 Å². The van der Waals surface area contributed by atoms with Crippen molar-refractivity contribution in [2.75, 3.05) is 30.3 Å². The van der Waals surface area contributed by atoms with E-state index in [0.717, 1.165) is 47.5 Å². The Morgan fingerprint density at radius 1 is 1.43 bits per heavy atom. The number of aromatic nitrogens is 3. The van der Waals surface area contributed by atoms with E-state index in [-0.39, 0.29) is 0 Å². The molecule has 6 nitrogen and oxygen atoms in total. The number of anilines is 2. The Morgan fingerprint density at radius 2 is 2.26 bits per heavy atom. The number of nitrogens with two attached hydrogens (primary N) is 2. The second-order valence-electron chi connectivity index (χ2n) is 5.57. The van der Waals surface area contributed by atoms with Crippen LogP contribution in [0.2, 0.25) is 5.02 Å². The molecular weight excluding hydrogens is 332 g/mol. The number of nitrogens with zero attached hydrogens (tertiary/aromatic N) is 4. The molecule has 23 heavy (non-hydrogen) atoms. The Kier molecular flexibility index (Phi) is 4.89. The van der Waals surface area contributed by atoms with E-state index < -0.39 is 0 Å². The Labute approximate surface area is 144 Å². The van der Waals surface area contributed by atoms with Crippen molar-refractivity contribution in [2.45, 2.75) is 23.3 Å². The van der Waals surface area contributed by atoms with Crippen LogP contribution in [0.1, 0.15) is 12.1 Å². The highest BCUT2D eigenvalue weighted by molar-refractivity contribution is 7.99. The molecule has 8 heteroatoms. The first kappa shape index (κ1) is 16.3. The summed E-state index contributed by atoms with van der Waals surface area (Å²) < 4.78 is 0. The monoisotopic (exact) mass is 350 g/mol. The maximum Gasteiger partial charge on any atom is 0.147 e. The lowest BCUT2D eigenvalue weighted by Crippen LogP contribution is -2.23. The average Bonchev–Trinajstić information content (AvgIpc) is 3.02. The molecule has 1 fully saturated rings. The second-order valence-corrected chi connectivity index (χ2v) is 6.97. The van der Waals surface area contributed by atoms with Gasteiger partial charge in [0.1, 0.15) is 16.7 Å². The standard InChI is InChI=1S/C15H19ClN6S/c1-9-15(23-11-2-4-19-14(18)13(11)16)20-7-12(21-9)22-5-3-10(6-17)8-22/h2,4,7,10H,3,5-6,8,17H2,1H3,(H2,18,19). The molecular formula is C15H19ClN6S. The summed E-state index contributed by atoms with van der Waals surface area (Å²) in [5, 5.41) is 1.27. The second kappa shape index (κ2) is 6.90. The molecule has 1 aliphatic heterocycles. The van der Waals surface area contributed by atoms with Crippen LogP contribution < -0.4 is 16.4 Å². The van der Waals surface area contributed by atoms with Gasteiger partial charge in [0.25, 0.3) is 0 Å². The number of halogens is 1. The number of aryl methyl sites for hydroxylation is 1. The van der Waals surface area contributed by atoms with Crippen molar-refractivity contribution in [3.05, 3.63) is 29.2 Å². The molecule has 3 heterocycles. The lowest BCUT2D eigenvalue weighted by atomic mass is 10.1. The van der Waals surface area contributed by atoms with Gasteiger partial charge in [0.05, 0.1) is 16.9 Å². The zero-order valence-corrected chi connectivity index (χ0v) is 14.4. The first-order valence-corrected chi connectivity index (χ1v) is 8.64. The van der Waals surface area contributed by atoms with Gasteiger partial charge in [0.15, 0.2) is 0 Å². The molecule has 0 amide bonds. The molecule has 2 aromatic heterocycles. The molecule has 4 N–H and O–H groups in total. The first-order chi connectivity index (χ1) is 11.1. The number of rotatable bonds is 4. The van der Waals surface area contributed by atoms with Gasteiger partial charge in [0, 0.05) is 24.2 Å². The molecule has 1 atom stereocenters. The van der Waals surface area contributed by atoms with E-state index >= 15 is 0 Å². The Bertz CT molecular complexity index is 710. The molecule has 2 aromatic rings. The van der Waals surface area contributed by atoms with Crippen molar-refractivity contribution in [1.82, 2.24) is 15.0 Å². The van der Waals surface area contributed by atoms with E-state index in [1.807, 2.05) is 19.2 Å². The summed E-state index contributed by atoms with van der Waals surface area (Å²) in [5.74, 6) is 1.77. The third kappa shape index (κ3) is 3.52. The molecule has 122 valence electrons. The van der Waals surface area contributed by atoms with Crippen molar-refractivity contribution in [2.24, 2.45) is 11.7 Å². The van der Waals surface area contributed by atoms with Crippen LogP contribution in [0.4, 0.5) is 11.6 Å². The zero-order chi connectivity index (χ0) is 16.4. The van der Waals surface area contributed by atoms with Crippen molar-refractivity contribution in [1.29, 1.82) is 0 Å². The van der Waals surface area contributed by atoms with Crippen LogP contribution in [0.3, 0.4) is 0 Å². The van der Waals surface area contributed by atoms with Crippen molar-refractivity contribution >= 4 is 35.0 Å². The fraction of sp³-hybridized carbons (Fsp3) is 0.400. The maximum absolute atomic E-state index is 6.19. The summed E-state index contributed by atoms with van der Waals surface area (Å²) in [4.78, 5) is 16.3. The number of pyridine rings is 1. The van der Waals surface area contributed by atoms with Crippen LogP contribution in [0.15, 0.2) is 28.4 Å². The smallest absolute Gasteiger partial charge is 0.147 e. The molecule has 1 aliphatic rings. The predicted molar refractivity (Wildman–Crippen MR) is 93.9 cm³/mol. The molecule has 1 unspecified atom stereocenters. The van der Waals surface area contributed by atoms with Gasteiger partial charge in [-0.05, 0) is 31.9 Å². The van der Waals surface area contributed by atoms with Gasteiger partial charge >= 0.3 is 0 Å². The van der Waals surface area contributed by atoms with Crippen molar-refractivity contribution in [3.8, 4) is 0 Å². The SMILES string of the molecule is Cc1nc(N2CCC(CN)C2)cnc1Sc1ccnc(N)c1Cl. The normalized spacial score (nSPS) is 17.7. The lowest BCUT2D eigenvalue weighted by molar-refractivity contribution is 0.602. The van der Waals surface area contributed by atoms with Gasteiger partial charge < -0.3 is 16.4 Å². The lowest BCUT2D eigenvalue weighted by Gasteiger charge is -2.18. The molecule has 0 bridgehead atoms. The molecule has 0 aliphatic carbocycles. The van der Waals surface area contributed by atoms with E-state index in [0.29, 0.717) is 16.8 Å². The Balaban J connectivity index is 1.79. The van der Waals surface area contributed by atoms with E-state index in [1.165, 1.54) is 11.8 Å². The Morgan fingerprint density at radius 3 is 2.96 bits per heavy atom. The predicted octanol–water partition coefficient (Wildman–Crippen LogP) is 2.35. The number of hydrogen-bond donors (Lipinski definition) is 2. The van der Waals surface area contributed by atoms with Gasteiger partial charge in [-0.3, -0.25) is 0 Å². The molecule has 3 rings (SSSR count). The highest BCUT2D eigenvalue weighted by atomic mass is 35.5. The summed E-state index contributed by atoms with van der Waals surface area (Å²) >= 11 is 7.63. The maximum atomic E-state index is 6.19. The van der Waals surface area contributed by atoms with E-state index in [4.69, 9.17) is 23.1 Å². The van der Waals surface area contributed by atoms with Crippen molar-refractivity contribution in [3.63, 3.8) is 0 Å². The highest BCUT2D eigenvalue weighted by Gasteiger charge is 2.23. The molecule has 0 spiro atoms. The summed E-state index contributed by atoms with van der Waals surface area (Å²) in [6.45, 7) is 4.60. The third-order valence-electron chi connectivity index (χ3n) is 3.92. The summed E-state index contributed by atoms with van der Waals surface area (Å²) in [5.41, 5.74) is 12.4. The fourth-order valence-corrected chi connectivity index (χ4v) is 3.63. The van der Waals surface area contributed by atoms with Crippen LogP contribution in [-0.2, 0) is 0 Å². The van der Waals surface area contributed by atoms with E-state index in [1.54, 1.807) is 6.20 Å². The van der Waals surface area contributed by atoms with Gasteiger partial charge in [-0.1, -0.05) is 23.4 Å². The zero-order valence-electron chi connectivity index (χ0n) is 12.9. The largest absolute Gasteiger partial charge is 0.382 e. The summed E-state index contributed by atoms with van der Waals surface area (Å²) in [6.07, 6.45) is 4.56.